The number of rotatable bonds is 2. The average molecular weight is 227 g/mol. The van der Waals surface area contributed by atoms with E-state index in [-0.39, 0.29) is 11.3 Å². The fraction of sp³-hybridized carbons (Fsp3) is 0.400. The molecule has 0 aromatic heterocycles. The molecule has 1 fully saturated rings. The molecule has 0 bridgehead atoms. The van der Waals surface area contributed by atoms with Gasteiger partial charge in [0.05, 0.1) is 0 Å². The molecule has 2 aliphatic rings. The predicted octanol–water partition coefficient (Wildman–Crippen LogP) is 2.34. The molecule has 1 saturated carbocycles. The second kappa shape index (κ2) is 3.73. The first-order valence-corrected chi connectivity index (χ1v) is 6.27. The van der Waals surface area contributed by atoms with Gasteiger partial charge in [-0.3, -0.25) is 4.79 Å². The summed E-state index contributed by atoms with van der Waals surface area (Å²) in [5.41, 5.74) is 3.16. The Bertz CT molecular complexity index is 480. The Labute approximate surface area is 102 Å². The Hall–Kier alpha value is -1.57. The van der Waals surface area contributed by atoms with Crippen molar-refractivity contribution in [3.8, 4) is 0 Å². The van der Waals surface area contributed by atoms with Crippen molar-refractivity contribution >= 4 is 5.91 Å². The van der Waals surface area contributed by atoms with Gasteiger partial charge in [0.25, 0.3) is 0 Å². The largest absolute Gasteiger partial charge is 0.349 e. The molecular formula is C15H17NO. The number of hydrogen-bond donors (Lipinski definition) is 1. The summed E-state index contributed by atoms with van der Waals surface area (Å²) in [6.07, 6.45) is 6.06. The summed E-state index contributed by atoms with van der Waals surface area (Å²) < 4.78 is 0. The number of nitrogens with one attached hydrogen (secondary N) is 1. The predicted molar refractivity (Wildman–Crippen MR) is 67.8 cm³/mol. The summed E-state index contributed by atoms with van der Waals surface area (Å²) in [7, 11) is 0. The molecule has 2 nitrogen and oxygen atoms in total. The van der Waals surface area contributed by atoms with Crippen LogP contribution >= 0.6 is 0 Å². The van der Waals surface area contributed by atoms with Gasteiger partial charge in [-0.15, -0.1) is 0 Å². The zero-order valence-electron chi connectivity index (χ0n) is 9.91. The fourth-order valence-corrected chi connectivity index (χ4v) is 3.25. The van der Waals surface area contributed by atoms with E-state index >= 15 is 0 Å². The fourth-order valence-electron chi connectivity index (χ4n) is 3.25. The number of amides is 1. The normalized spacial score (nSPS) is 29.5. The van der Waals surface area contributed by atoms with Gasteiger partial charge >= 0.3 is 0 Å². The number of hydrogen-bond acceptors (Lipinski definition) is 1. The van der Waals surface area contributed by atoms with Crippen LogP contribution in [0.3, 0.4) is 0 Å². The molecule has 3 rings (SSSR count). The highest BCUT2D eigenvalue weighted by Gasteiger charge is 2.57. The summed E-state index contributed by atoms with van der Waals surface area (Å²) in [5, 5.41) is 3.05. The van der Waals surface area contributed by atoms with E-state index in [1.807, 2.05) is 0 Å². The highest BCUT2D eigenvalue weighted by Crippen LogP contribution is 2.55. The summed E-state index contributed by atoms with van der Waals surface area (Å²) in [4.78, 5) is 11.4. The lowest BCUT2D eigenvalue weighted by Crippen LogP contribution is -2.31. The number of aryl methyl sites for hydroxylation is 1. The van der Waals surface area contributed by atoms with Crippen LogP contribution in [0, 0.1) is 0 Å². The number of carbonyl (C=O) groups is 1. The molecule has 1 aromatic carbocycles. The Morgan fingerprint density at radius 3 is 3.12 bits per heavy atom. The van der Waals surface area contributed by atoms with E-state index in [2.05, 4.69) is 36.2 Å². The van der Waals surface area contributed by atoms with Crippen LogP contribution in [-0.4, -0.2) is 11.9 Å². The second-order valence-corrected chi connectivity index (χ2v) is 5.14. The summed E-state index contributed by atoms with van der Waals surface area (Å²) in [5.74, 6) is -0.0464. The first kappa shape index (κ1) is 10.6. The van der Waals surface area contributed by atoms with Crippen molar-refractivity contribution in [2.24, 2.45) is 0 Å². The highest BCUT2D eigenvalue weighted by molar-refractivity contribution is 5.87. The lowest BCUT2D eigenvalue weighted by Gasteiger charge is -2.26. The van der Waals surface area contributed by atoms with E-state index in [9.17, 15) is 4.79 Å². The maximum absolute atomic E-state index is 11.4. The van der Waals surface area contributed by atoms with Crippen molar-refractivity contribution in [3.63, 3.8) is 0 Å². The van der Waals surface area contributed by atoms with E-state index in [1.165, 1.54) is 36.5 Å². The van der Waals surface area contributed by atoms with Gasteiger partial charge in [0.15, 0.2) is 0 Å². The van der Waals surface area contributed by atoms with Gasteiger partial charge in [0.2, 0.25) is 5.91 Å². The summed E-state index contributed by atoms with van der Waals surface area (Å²) >= 11 is 0. The third kappa shape index (κ3) is 1.59. The molecule has 17 heavy (non-hydrogen) atoms. The first-order valence-electron chi connectivity index (χ1n) is 6.27. The lowest BCUT2D eigenvalue weighted by molar-refractivity contribution is -0.116. The Kier molecular flexibility index (Phi) is 2.32. The zero-order valence-corrected chi connectivity index (χ0v) is 9.91. The van der Waals surface area contributed by atoms with Crippen molar-refractivity contribution < 1.29 is 4.79 Å². The van der Waals surface area contributed by atoms with Gasteiger partial charge in [-0.1, -0.05) is 30.8 Å². The molecular weight excluding hydrogens is 210 g/mol. The van der Waals surface area contributed by atoms with Crippen LogP contribution in [0.4, 0.5) is 0 Å². The summed E-state index contributed by atoms with van der Waals surface area (Å²) in [6.45, 7) is 3.51. The topological polar surface area (TPSA) is 29.1 Å². The minimum Gasteiger partial charge on any atom is -0.349 e. The monoisotopic (exact) mass is 227 g/mol. The van der Waals surface area contributed by atoms with E-state index < -0.39 is 0 Å². The van der Waals surface area contributed by atoms with Gasteiger partial charge in [-0.05, 0) is 42.9 Å². The second-order valence-electron chi connectivity index (χ2n) is 5.14. The van der Waals surface area contributed by atoms with Crippen LogP contribution in [0.25, 0.3) is 0 Å². The smallest absolute Gasteiger partial charge is 0.243 e. The molecule has 1 aromatic rings. The molecule has 1 N–H and O–H groups in total. The van der Waals surface area contributed by atoms with Crippen LogP contribution in [0.2, 0.25) is 0 Å². The standard InChI is InChI=1S/C15H17NO/c1-2-14(17)16-13-10-15(13)9-5-7-11-6-3-4-8-12(11)15/h2-4,6,8,13H,1,5,7,9-10H2,(H,16,17). The Balaban J connectivity index is 1.87. The van der Waals surface area contributed by atoms with Gasteiger partial charge < -0.3 is 5.32 Å². The molecule has 1 amide bonds. The molecule has 2 aliphatic carbocycles. The van der Waals surface area contributed by atoms with E-state index in [0.29, 0.717) is 6.04 Å². The van der Waals surface area contributed by atoms with E-state index in [4.69, 9.17) is 0 Å². The number of carbonyl (C=O) groups excluding carboxylic acids is 1. The van der Waals surface area contributed by atoms with Crippen LogP contribution in [0.5, 0.6) is 0 Å². The van der Waals surface area contributed by atoms with Crippen molar-refractivity contribution in [1.82, 2.24) is 5.32 Å². The SMILES string of the molecule is C=CC(=O)NC1CC12CCCc1ccccc12. The van der Waals surface area contributed by atoms with Crippen molar-refractivity contribution in [2.75, 3.05) is 0 Å². The molecule has 0 heterocycles. The van der Waals surface area contributed by atoms with Crippen molar-refractivity contribution in [1.29, 1.82) is 0 Å². The molecule has 88 valence electrons. The van der Waals surface area contributed by atoms with Gasteiger partial charge in [-0.25, -0.2) is 0 Å². The lowest BCUT2D eigenvalue weighted by atomic mass is 9.79. The summed E-state index contributed by atoms with van der Waals surface area (Å²) in [6, 6.07) is 8.98. The Morgan fingerprint density at radius 2 is 2.29 bits per heavy atom. The maximum Gasteiger partial charge on any atom is 0.243 e. The van der Waals surface area contributed by atoms with Crippen molar-refractivity contribution in [3.05, 3.63) is 48.0 Å². The van der Waals surface area contributed by atoms with Crippen LogP contribution in [0.15, 0.2) is 36.9 Å². The Morgan fingerprint density at radius 1 is 1.47 bits per heavy atom. The van der Waals surface area contributed by atoms with Gasteiger partial charge in [-0.2, -0.15) is 0 Å². The maximum atomic E-state index is 11.4. The van der Waals surface area contributed by atoms with Crippen LogP contribution in [0.1, 0.15) is 30.4 Å². The molecule has 2 atom stereocenters. The van der Waals surface area contributed by atoms with Gasteiger partial charge in [0.1, 0.15) is 0 Å². The molecule has 0 saturated heterocycles. The van der Waals surface area contributed by atoms with Crippen molar-refractivity contribution in [2.45, 2.75) is 37.1 Å². The van der Waals surface area contributed by atoms with E-state index in [1.54, 1.807) is 0 Å². The quantitative estimate of drug-likeness (QED) is 0.772. The number of fused-ring (bicyclic) bond motifs is 2. The molecule has 2 heteroatoms. The number of benzene rings is 1. The molecule has 1 spiro atoms. The van der Waals surface area contributed by atoms with E-state index in [0.717, 1.165) is 6.42 Å². The molecule has 2 unspecified atom stereocenters. The third-order valence-corrected chi connectivity index (χ3v) is 4.20. The van der Waals surface area contributed by atoms with Crippen LogP contribution < -0.4 is 5.32 Å². The molecule has 0 radical (unpaired) electrons. The van der Waals surface area contributed by atoms with Crippen LogP contribution in [-0.2, 0) is 16.6 Å². The third-order valence-electron chi connectivity index (χ3n) is 4.20. The zero-order chi connectivity index (χ0) is 11.9. The first-order chi connectivity index (χ1) is 8.26. The average Bonchev–Trinajstić information content (AvgIpc) is 3.03. The molecule has 0 aliphatic heterocycles. The highest BCUT2D eigenvalue weighted by atomic mass is 16.1. The minimum absolute atomic E-state index is 0.0464. The van der Waals surface area contributed by atoms with Gasteiger partial charge in [0, 0.05) is 11.5 Å². The minimum atomic E-state index is -0.0464.